The van der Waals surface area contributed by atoms with Crippen molar-refractivity contribution < 1.29 is 5.11 Å². The van der Waals surface area contributed by atoms with Crippen LogP contribution >= 0.6 is 0 Å². The Morgan fingerprint density at radius 3 is 2.50 bits per heavy atom. The molecular formula is C14H27NO. The lowest BCUT2D eigenvalue weighted by atomic mass is 9.86. The van der Waals surface area contributed by atoms with E-state index in [1.807, 2.05) is 0 Å². The fourth-order valence-corrected chi connectivity index (χ4v) is 3.73. The summed E-state index contributed by atoms with van der Waals surface area (Å²) in [5.41, 5.74) is 0.248. The maximum absolute atomic E-state index is 9.68. The van der Waals surface area contributed by atoms with Crippen LogP contribution in [0, 0.1) is 11.3 Å². The molecule has 1 atom stereocenters. The molecular weight excluding hydrogens is 198 g/mol. The van der Waals surface area contributed by atoms with Crippen molar-refractivity contribution in [3.8, 4) is 0 Å². The van der Waals surface area contributed by atoms with Gasteiger partial charge >= 0.3 is 0 Å². The van der Waals surface area contributed by atoms with E-state index in [9.17, 15) is 5.11 Å². The summed E-state index contributed by atoms with van der Waals surface area (Å²) in [5.74, 6) is 0.764. The first-order valence-corrected chi connectivity index (χ1v) is 7.02. The highest BCUT2D eigenvalue weighted by molar-refractivity contribution is 4.91. The summed E-state index contributed by atoms with van der Waals surface area (Å²) in [4.78, 5) is 2.66. The number of hydrogen-bond acceptors (Lipinski definition) is 2. The van der Waals surface area contributed by atoms with E-state index >= 15 is 0 Å². The van der Waals surface area contributed by atoms with Gasteiger partial charge in [-0.25, -0.2) is 0 Å². The molecule has 1 saturated carbocycles. The van der Waals surface area contributed by atoms with Gasteiger partial charge in [0.25, 0.3) is 0 Å². The second-order valence-electron chi connectivity index (χ2n) is 6.29. The average Bonchev–Trinajstić information content (AvgIpc) is 2.88. The molecule has 1 unspecified atom stereocenters. The second kappa shape index (κ2) is 5.05. The molecule has 1 aliphatic heterocycles. The van der Waals surface area contributed by atoms with Crippen molar-refractivity contribution >= 4 is 0 Å². The summed E-state index contributed by atoms with van der Waals surface area (Å²) in [5, 5.41) is 9.68. The third kappa shape index (κ3) is 2.43. The number of aliphatic hydroxyl groups excluding tert-OH is 1. The number of nitrogens with zero attached hydrogens (tertiary/aromatic N) is 1. The largest absolute Gasteiger partial charge is 0.396 e. The lowest BCUT2D eigenvalue weighted by molar-refractivity contribution is 0.0638. The maximum Gasteiger partial charge on any atom is 0.0499 e. The van der Waals surface area contributed by atoms with Gasteiger partial charge < -0.3 is 5.11 Å². The van der Waals surface area contributed by atoms with Crippen LogP contribution in [0.25, 0.3) is 0 Å². The highest BCUT2D eigenvalue weighted by Gasteiger charge is 2.38. The van der Waals surface area contributed by atoms with E-state index in [-0.39, 0.29) is 5.41 Å². The molecule has 2 aliphatic rings. The molecule has 2 fully saturated rings. The fraction of sp³-hybridized carbons (Fsp3) is 1.00. The molecule has 0 aromatic carbocycles. The first kappa shape index (κ1) is 12.4. The van der Waals surface area contributed by atoms with Crippen LogP contribution in [0.1, 0.15) is 52.4 Å². The molecule has 1 saturated heterocycles. The second-order valence-corrected chi connectivity index (χ2v) is 6.29. The lowest BCUT2D eigenvalue weighted by Crippen LogP contribution is -2.42. The van der Waals surface area contributed by atoms with Gasteiger partial charge in [0.05, 0.1) is 0 Å². The minimum atomic E-state index is 0.248. The van der Waals surface area contributed by atoms with Gasteiger partial charge in [-0.05, 0) is 38.1 Å². The normalized spacial score (nSPS) is 30.4. The standard InChI is InChI=1S/C14H27NO/c1-12(2)13-6-5-9-15(13)10-14(11-16)7-3-4-8-14/h12-13,16H,3-11H2,1-2H3. The molecule has 0 spiro atoms. The quantitative estimate of drug-likeness (QED) is 0.795. The van der Waals surface area contributed by atoms with E-state index in [1.54, 1.807) is 0 Å². The van der Waals surface area contributed by atoms with Crippen molar-refractivity contribution in [3.05, 3.63) is 0 Å². The van der Waals surface area contributed by atoms with Gasteiger partial charge in [-0.3, -0.25) is 4.90 Å². The van der Waals surface area contributed by atoms with Gasteiger partial charge in [0, 0.05) is 24.6 Å². The molecule has 0 aromatic rings. The van der Waals surface area contributed by atoms with Crippen molar-refractivity contribution in [1.29, 1.82) is 0 Å². The van der Waals surface area contributed by atoms with Crippen molar-refractivity contribution in [1.82, 2.24) is 4.90 Å². The molecule has 2 rings (SSSR count). The van der Waals surface area contributed by atoms with E-state index in [0.717, 1.165) is 18.5 Å². The molecule has 0 amide bonds. The highest BCUT2D eigenvalue weighted by atomic mass is 16.3. The first-order chi connectivity index (χ1) is 7.67. The van der Waals surface area contributed by atoms with Crippen LogP contribution in [0.2, 0.25) is 0 Å². The topological polar surface area (TPSA) is 23.5 Å². The van der Waals surface area contributed by atoms with Crippen LogP contribution < -0.4 is 0 Å². The molecule has 0 radical (unpaired) electrons. The number of hydrogen-bond donors (Lipinski definition) is 1. The number of rotatable bonds is 4. The Morgan fingerprint density at radius 1 is 1.25 bits per heavy atom. The molecule has 1 heterocycles. The van der Waals surface area contributed by atoms with Gasteiger partial charge in [0.1, 0.15) is 0 Å². The summed E-state index contributed by atoms with van der Waals surface area (Å²) >= 11 is 0. The predicted molar refractivity (Wildman–Crippen MR) is 67.4 cm³/mol. The Bertz CT molecular complexity index is 221. The molecule has 16 heavy (non-hydrogen) atoms. The van der Waals surface area contributed by atoms with Crippen LogP contribution in [0.4, 0.5) is 0 Å². The van der Waals surface area contributed by atoms with E-state index in [2.05, 4.69) is 18.7 Å². The lowest BCUT2D eigenvalue weighted by Gasteiger charge is -2.36. The van der Waals surface area contributed by atoms with E-state index in [0.29, 0.717) is 6.61 Å². The number of likely N-dealkylation sites (tertiary alicyclic amines) is 1. The molecule has 0 bridgehead atoms. The van der Waals surface area contributed by atoms with Gasteiger partial charge in [-0.2, -0.15) is 0 Å². The van der Waals surface area contributed by atoms with Crippen LogP contribution in [0.15, 0.2) is 0 Å². The fourth-order valence-electron chi connectivity index (χ4n) is 3.73. The van der Waals surface area contributed by atoms with Gasteiger partial charge in [0.15, 0.2) is 0 Å². The van der Waals surface area contributed by atoms with Gasteiger partial charge in [0.2, 0.25) is 0 Å². The Morgan fingerprint density at radius 2 is 1.94 bits per heavy atom. The first-order valence-electron chi connectivity index (χ1n) is 7.02. The zero-order valence-corrected chi connectivity index (χ0v) is 10.9. The summed E-state index contributed by atoms with van der Waals surface area (Å²) < 4.78 is 0. The summed E-state index contributed by atoms with van der Waals surface area (Å²) in [7, 11) is 0. The summed E-state index contributed by atoms with van der Waals surface area (Å²) in [6, 6.07) is 0.768. The van der Waals surface area contributed by atoms with E-state index in [1.165, 1.54) is 45.1 Å². The monoisotopic (exact) mass is 225 g/mol. The maximum atomic E-state index is 9.68. The van der Waals surface area contributed by atoms with Crippen molar-refractivity contribution in [2.24, 2.45) is 11.3 Å². The molecule has 1 N–H and O–H groups in total. The van der Waals surface area contributed by atoms with Crippen molar-refractivity contribution in [3.63, 3.8) is 0 Å². The Balaban J connectivity index is 1.97. The van der Waals surface area contributed by atoms with Gasteiger partial charge in [-0.1, -0.05) is 26.7 Å². The average molecular weight is 225 g/mol. The Hall–Kier alpha value is -0.0800. The van der Waals surface area contributed by atoms with E-state index in [4.69, 9.17) is 0 Å². The highest BCUT2D eigenvalue weighted by Crippen LogP contribution is 2.40. The van der Waals surface area contributed by atoms with E-state index < -0.39 is 0 Å². The molecule has 2 heteroatoms. The third-order valence-electron chi connectivity index (χ3n) is 4.72. The van der Waals surface area contributed by atoms with Crippen molar-refractivity contribution in [2.75, 3.05) is 19.7 Å². The summed E-state index contributed by atoms with van der Waals surface area (Å²) in [6.07, 6.45) is 7.83. The van der Waals surface area contributed by atoms with Gasteiger partial charge in [-0.15, -0.1) is 0 Å². The van der Waals surface area contributed by atoms with Crippen LogP contribution in [0.3, 0.4) is 0 Å². The third-order valence-corrected chi connectivity index (χ3v) is 4.72. The van der Waals surface area contributed by atoms with Crippen LogP contribution in [0.5, 0.6) is 0 Å². The minimum absolute atomic E-state index is 0.248. The molecule has 1 aliphatic carbocycles. The Kier molecular flexibility index (Phi) is 3.91. The minimum Gasteiger partial charge on any atom is -0.396 e. The Labute approximate surface area is 100 Å². The molecule has 0 aromatic heterocycles. The zero-order chi connectivity index (χ0) is 11.6. The predicted octanol–water partition coefficient (Wildman–Crippen LogP) is 2.66. The number of aliphatic hydroxyl groups is 1. The smallest absolute Gasteiger partial charge is 0.0499 e. The van der Waals surface area contributed by atoms with Crippen molar-refractivity contribution in [2.45, 2.75) is 58.4 Å². The molecule has 94 valence electrons. The molecule has 2 nitrogen and oxygen atoms in total. The SMILES string of the molecule is CC(C)C1CCCN1CC1(CO)CCCC1. The van der Waals surface area contributed by atoms with Crippen LogP contribution in [-0.2, 0) is 0 Å². The van der Waals surface area contributed by atoms with Crippen LogP contribution in [-0.4, -0.2) is 35.7 Å². The summed E-state index contributed by atoms with van der Waals surface area (Å²) in [6.45, 7) is 7.47. The zero-order valence-electron chi connectivity index (χ0n) is 10.9.